The van der Waals surface area contributed by atoms with Crippen molar-refractivity contribution in [2.75, 3.05) is 33.5 Å². The fraction of sp³-hybridized carbons (Fsp3) is 0.600. The largest absolute Gasteiger partial charge is 0.492 e. The van der Waals surface area contributed by atoms with Crippen LogP contribution in [0.25, 0.3) is 0 Å². The summed E-state index contributed by atoms with van der Waals surface area (Å²) in [6.45, 7) is 4.78. The van der Waals surface area contributed by atoms with Crippen LogP contribution < -0.4 is 10.1 Å². The Morgan fingerprint density at radius 3 is 2.90 bits per heavy atom. The van der Waals surface area contributed by atoms with Crippen LogP contribution in [-0.2, 0) is 9.47 Å². The summed E-state index contributed by atoms with van der Waals surface area (Å²) in [4.78, 5) is 0. The molecule has 0 aliphatic carbocycles. The van der Waals surface area contributed by atoms with E-state index >= 15 is 0 Å². The zero-order valence-electron chi connectivity index (χ0n) is 12.0. The molecule has 1 N–H and O–H groups in total. The summed E-state index contributed by atoms with van der Waals surface area (Å²) < 4.78 is 17.9. The second kappa shape index (κ2) is 7.98. The summed E-state index contributed by atoms with van der Waals surface area (Å²) in [5.41, 5.74) is 1.17. The molecule has 1 fully saturated rings. The average Bonchev–Trinajstić information content (AvgIpc) is 2.48. The van der Waals surface area contributed by atoms with Crippen LogP contribution >= 0.6 is 15.9 Å². The molecular formula is C15H22BrNO3. The molecule has 4 nitrogen and oxygen atoms in total. The van der Waals surface area contributed by atoms with E-state index in [1.165, 1.54) is 5.56 Å². The summed E-state index contributed by atoms with van der Waals surface area (Å²) >= 11 is 3.57. The third kappa shape index (κ3) is 3.95. The van der Waals surface area contributed by atoms with E-state index in [0.717, 1.165) is 23.2 Å². The molecule has 2 unspecified atom stereocenters. The van der Waals surface area contributed by atoms with Crippen LogP contribution in [0.1, 0.15) is 24.9 Å². The van der Waals surface area contributed by atoms with Crippen molar-refractivity contribution in [1.29, 1.82) is 0 Å². The second-order valence-electron chi connectivity index (χ2n) is 4.79. The van der Waals surface area contributed by atoms with Gasteiger partial charge in [-0.1, -0.05) is 13.0 Å². The van der Waals surface area contributed by atoms with Gasteiger partial charge >= 0.3 is 0 Å². The number of likely N-dealkylation sites (N-methyl/N-ethyl adjacent to an activating group) is 1. The Morgan fingerprint density at radius 1 is 1.45 bits per heavy atom. The highest BCUT2D eigenvalue weighted by Crippen LogP contribution is 2.30. The van der Waals surface area contributed by atoms with Crippen LogP contribution in [0, 0.1) is 0 Å². The third-order valence-electron chi connectivity index (χ3n) is 3.30. The molecule has 1 heterocycles. The normalized spacial score (nSPS) is 20.6. The molecule has 0 spiro atoms. The highest BCUT2D eigenvalue weighted by Gasteiger charge is 2.25. The van der Waals surface area contributed by atoms with Crippen molar-refractivity contribution in [2.45, 2.75) is 25.5 Å². The van der Waals surface area contributed by atoms with E-state index in [4.69, 9.17) is 14.2 Å². The van der Waals surface area contributed by atoms with E-state index in [0.29, 0.717) is 19.8 Å². The average molecular weight is 344 g/mol. The number of rotatable bonds is 6. The molecule has 1 aliphatic rings. The van der Waals surface area contributed by atoms with Crippen molar-refractivity contribution in [2.24, 2.45) is 0 Å². The summed E-state index contributed by atoms with van der Waals surface area (Å²) in [7, 11) is 1.94. The van der Waals surface area contributed by atoms with Crippen molar-refractivity contribution in [3.63, 3.8) is 0 Å². The van der Waals surface area contributed by atoms with Crippen molar-refractivity contribution < 1.29 is 14.2 Å². The van der Waals surface area contributed by atoms with Gasteiger partial charge in [0.2, 0.25) is 0 Å². The van der Waals surface area contributed by atoms with Gasteiger partial charge in [0, 0.05) is 0 Å². The van der Waals surface area contributed by atoms with Crippen LogP contribution in [0.4, 0.5) is 0 Å². The predicted octanol–water partition coefficient (Wildman–Crippen LogP) is 2.91. The second-order valence-corrected chi connectivity index (χ2v) is 5.64. The third-order valence-corrected chi connectivity index (χ3v) is 3.92. The molecule has 1 aliphatic heterocycles. The monoisotopic (exact) mass is 343 g/mol. The van der Waals surface area contributed by atoms with Gasteiger partial charge in [-0.2, -0.15) is 0 Å². The van der Waals surface area contributed by atoms with Crippen LogP contribution in [0.3, 0.4) is 0 Å². The van der Waals surface area contributed by atoms with E-state index in [-0.39, 0.29) is 12.1 Å². The molecule has 1 saturated heterocycles. The molecule has 1 aromatic rings. The molecule has 0 aromatic heterocycles. The molecule has 2 atom stereocenters. The van der Waals surface area contributed by atoms with E-state index in [9.17, 15) is 0 Å². The number of nitrogens with one attached hydrogen (secondary N) is 1. The van der Waals surface area contributed by atoms with Crippen LogP contribution in [-0.4, -0.2) is 39.6 Å². The minimum Gasteiger partial charge on any atom is -0.492 e. The number of hydrogen-bond acceptors (Lipinski definition) is 4. The van der Waals surface area contributed by atoms with Crippen molar-refractivity contribution in [3.05, 3.63) is 28.2 Å². The van der Waals surface area contributed by atoms with E-state index in [1.54, 1.807) is 0 Å². The molecule has 0 bridgehead atoms. The first kappa shape index (κ1) is 15.8. The molecule has 2 rings (SSSR count). The fourth-order valence-corrected chi connectivity index (χ4v) is 2.82. The van der Waals surface area contributed by atoms with Crippen molar-refractivity contribution >= 4 is 15.9 Å². The van der Waals surface area contributed by atoms with Gasteiger partial charge in [-0.3, -0.25) is 0 Å². The Morgan fingerprint density at radius 2 is 2.30 bits per heavy atom. The smallest absolute Gasteiger partial charge is 0.133 e. The Bertz CT molecular complexity index is 422. The van der Waals surface area contributed by atoms with Gasteiger partial charge in [0.25, 0.3) is 0 Å². The van der Waals surface area contributed by atoms with Gasteiger partial charge in [-0.05, 0) is 47.1 Å². The maximum Gasteiger partial charge on any atom is 0.133 e. The fourth-order valence-electron chi connectivity index (χ4n) is 2.31. The number of halogens is 1. The van der Waals surface area contributed by atoms with Crippen LogP contribution in [0.15, 0.2) is 22.7 Å². The standard InChI is InChI=1S/C15H22BrNO3/c1-3-6-19-13-5-4-11(9-12(13)16)15(17-2)14-10-18-7-8-20-14/h4-5,9,14-15,17H,3,6-8,10H2,1-2H3. The lowest BCUT2D eigenvalue weighted by Gasteiger charge is -2.30. The first-order valence-corrected chi connectivity index (χ1v) is 7.84. The number of benzene rings is 1. The molecule has 112 valence electrons. The Labute approximate surface area is 128 Å². The lowest BCUT2D eigenvalue weighted by molar-refractivity contribution is -0.101. The highest BCUT2D eigenvalue weighted by molar-refractivity contribution is 9.10. The Balaban J connectivity index is 2.11. The van der Waals surface area contributed by atoms with Crippen molar-refractivity contribution in [3.8, 4) is 5.75 Å². The van der Waals surface area contributed by atoms with Gasteiger partial charge in [-0.15, -0.1) is 0 Å². The zero-order valence-corrected chi connectivity index (χ0v) is 13.6. The summed E-state index contributed by atoms with van der Waals surface area (Å²) in [5, 5.41) is 3.31. The summed E-state index contributed by atoms with van der Waals surface area (Å²) in [6, 6.07) is 6.29. The van der Waals surface area contributed by atoms with Gasteiger partial charge in [0.05, 0.1) is 36.9 Å². The van der Waals surface area contributed by atoms with Crippen LogP contribution in [0.2, 0.25) is 0 Å². The quantitative estimate of drug-likeness (QED) is 0.861. The minimum absolute atomic E-state index is 0.0445. The maximum atomic E-state index is 5.79. The molecular weight excluding hydrogens is 322 g/mol. The Kier molecular flexibility index (Phi) is 6.29. The van der Waals surface area contributed by atoms with E-state index in [1.807, 2.05) is 13.1 Å². The highest BCUT2D eigenvalue weighted by atomic mass is 79.9. The predicted molar refractivity (Wildman–Crippen MR) is 82.3 cm³/mol. The lowest BCUT2D eigenvalue weighted by atomic mass is 10.0. The zero-order chi connectivity index (χ0) is 14.4. The van der Waals surface area contributed by atoms with Crippen molar-refractivity contribution in [1.82, 2.24) is 5.32 Å². The topological polar surface area (TPSA) is 39.7 Å². The minimum atomic E-state index is 0.0445. The van der Waals surface area contributed by atoms with E-state index < -0.39 is 0 Å². The maximum absolute atomic E-state index is 5.79. The SMILES string of the molecule is CCCOc1ccc(C(NC)C2COCCO2)cc1Br. The van der Waals surface area contributed by atoms with Gasteiger partial charge in [-0.25, -0.2) is 0 Å². The van der Waals surface area contributed by atoms with Crippen LogP contribution in [0.5, 0.6) is 5.75 Å². The first-order chi connectivity index (χ1) is 9.76. The first-order valence-electron chi connectivity index (χ1n) is 7.05. The molecule has 0 saturated carbocycles. The van der Waals surface area contributed by atoms with E-state index in [2.05, 4.69) is 40.3 Å². The molecule has 0 radical (unpaired) electrons. The molecule has 20 heavy (non-hydrogen) atoms. The lowest BCUT2D eigenvalue weighted by Crippen LogP contribution is -2.39. The van der Waals surface area contributed by atoms with Gasteiger partial charge in [0.15, 0.2) is 0 Å². The number of ether oxygens (including phenoxy) is 3. The summed E-state index contributed by atoms with van der Waals surface area (Å²) in [5.74, 6) is 0.881. The van der Waals surface area contributed by atoms with Gasteiger partial charge < -0.3 is 19.5 Å². The molecule has 5 heteroatoms. The number of hydrogen-bond donors (Lipinski definition) is 1. The molecule has 1 aromatic carbocycles. The summed E-state index contributed by atoms with van der Waals surface area (Å²) in [6.07, 6.45) is 1.05. The molecule has 0 amide bonds. The van der Waals surface area contributed by atoms with Gasteiger partial charge in [0.1, 0.15) is 11.9 Å². The Hall–Kier alpha value is -0.620.